The van der Waals surface area contributed by atoms with Gasteiger partial charge in [0.2, 0.25) is 0 Å². The molecule has 0 saturated heterocycles. The molecule has 0 aliphatic carbocycles. The summed E-state index contributed by atoms with van der Waals surface area (Å²) < 4.78 is 0. The van der Waals surface area contributed by atoms with Gasteiger partial charge in [0, 0.05) is 5.30 Å². The molecule has 0 amide bonds. The third-order valence-corrected chi connectivity index (χ3v) is 5.54. The normalized spacial score (nSPS) is 12.2. The molecule has 0 atom stereocenters. The molecule has 1 aromatic rings. The number of halogens is 2. The van der Waals surface area contributed by atoms with Crippen LogP contribution >= 0.6 is 28.4 Å². The lowest BCUT2D eigenvalue weighted by Gasteiger charge is -2.16. The summed E-state index contributed by atoms with van der Waals surface area (Å²) in [6, 6.07) is 9.87. The van der Waals surface area contributed by atoms with Crippen LogP contribution in [0.15, 0.2) is 42.2 Å². The molecule has 0 fully saturated rings. The maximum absolute atomic E-state index is 6.33. The second kappa shape index (κ2) is 6.53. The summed E-state index contributed by atoms with van der Waals surface area (Å²) in [5.74, 6) is -0.0979. The Morgan fingerprint density at radius 2 is 1.87 bits per heavy atom. The zero-order chi connectivity index (χ0) is 11.1. The number of rotatable bonds is 5. The van der Waals surface area contributed by atoms with Crippen molar-refractivity contribution in [2.45, 2.75) is 26.2 Å². The van der Waals surface area contributed by atoms with Crippen LogP contribution < -0.4 is 5.30 Å². The van der Waals surface area contributed by atoms with Crippen molar-refractivity contribution < 1.29 is 0 Å². The zero-order valence-electron chi connectivity index (χ0n) is 8.87. The minimum atomic E-state index is -2.07. The number of hydrogen-bond acceptors (Lipinski definition) is 0. The minimum Gasteiger partial charge on any atom is -0.0819 e. The molecule has 0 bridgehead atoms. The van der Waals surface area contributed by atoms with E-state index in [0.29, 0.717) is 0 Å². The lowest BCUT2D eigenvalue weighted by molar-refractivity contribution is 0.815. The lowest BCUT2D eigenvalue weighted by atomic mass is 10.2. The lowest BCUT2D eigenvalue weighted by Crippen LogP contribution is -1.98. The van der Waals surface area contributed by atoms with Crippen molar-refractivity contribution in [3.8, 4) is 0 Å². The highest BCUT2D eigenvalue weighted by atomic mass is 35.9. The van der Waals surface area contributed by atoms with E-state index in [0.717, 1.165) is 11.7 Å². The molecular formula is C12H16Cl2P. The summed E-state index contributed by atoms with van der Waals surface area (Å²) in [4.78, 5) is 0. The topological polar surface area (TPSA) is 0 Å². The highest BCUT2D eigenvalue weighted by Crippen LogP contribution is 2.69. The van der Waals surface area contributed by atoms with Gasteiger partial charge in [-0.25, -0.2) is 0 Å². The average molecular weight is 262 g/mol. The number of allylic oxidation sites excluding steroid dienone is 1. The first-order valence-electron chi connectivity index (χ1n) is 5.18. The smallest absolute Gasteiger partial charge is 0.0819 e. The zero-order valence-corrected chi connectivity index (χ0v) is 11.3. The average Bonchev–Trinajstić information content (AvgIpc) is 2.26. The molecule has 0 unspecified atom stereocenters. The molecule has 0 saturated carbocycles. The van der Waals surface area contributed by atoms with Gasteiger partial charge >= 0.3 is 0 Å². The predicted octanol–water partition coefficient (Wildman–Crippen LogP) is 5.34. The molecular weight excluding hydrogens is 246 g/mol. The van der Waals surface area contributed by atoms with Gasteiger partial charge in [0.25, 0.3) is 0 Å². The fourth-order valence-corrected chi connectivity index (χ4v) is 3.55. The van der Waals surface area contributed by atoms with Crippen molar-refractivity contribution in [3.63, 3.8) is 0 Å². The van der Waals surface area contributed by atoms with E-state index in [9.17, 15) is 0 Å². The molecule has 3 heteroatoms. The molecule has 83 valence electrons. The number of hydrogen-bond donors (Lipinski definition) is 0. The van der Waals surface area contributed by atoms with Crippen LogP contribution in [0.2, 0.25) is 0 Å². The van der Waals surface area contributed by atoms with Crippen LogP contribution in [0.25, 0.3) is 0 Å². The van der Waals surface area contributed by atoms with Crippen LogP contribution in [0.4, 0.5) is 0 Å². The van der Waals surface area contributed by atoms with Gasteiger partial charge in [0.15, 0.2) is 0 Å². The molecule has 0 heterocycles. The van der Waals surface area contributed by atoms with Gasteiger partial charge in [-0.3, -0.25) is 0 Å². The predicted molar refractivity (Wildman–Crippen MR) is 73.4 cm³/mol. The Labute approximate surface area is 102 Å². The molecule has 0 aliphatic rings. The van der Waals surface area contributed by atoms with Crippen LogP contribution in [0.5, 0.6) is 0 Å². The molecule has 0 aliphatic heterocycles. The Balaban J connectivity index is 2.63. The van der Waals surface area contributed by atoms with Gasteiger partial charge in [0.05, 0.1) is 5.97 Å². The van der Waals surface area contributed by atoms with Crippen LogP contribution in [0.3, 0.4) is 0 Å². The van der Waals surface area contributed by atoms with Crippen LogP contribution in [-0.2, 0) is 0 Å². The van der Waals surface area contributed by atoms with E-state index in [-0.39, 0.29) is 0 Å². The quantitative estimate of drug-likeness (QED) is 0.496. The van der Waals surface area contributed by atoms with Crippen molar-refractivity contribution in [1.82, 2.24) is 0 Å². The molecule has 0 nitrogen and oxygen atoms in total. The Kier molecular flexibility index (Phi) is 5.68. The fraction of sp³-hybridized carbons (Fsp3) is 0.333. The third-order valence-electron chi connectivity index (χ3n) is 2.12. The Bertz CT molecular complexity index is 307. The molecule has 15 heavy (non-hydrogen) atoms. The largest absolute Gasteiger partial charge is 0.0886 e. The standard InChI is InChI=1S/C12H16Cl2P/c1-2-3-4-8-11-15(13,14)12-9-6-5-7-10-12/h5-11H,2-4H2,1H3. The van der Waals surface area contributed by atoms with E-state index in [2.05, 4.69) is 13.0 Å². The first kappa shape index (κ1) is 13.0. The summed E-state index contributed by atoms with van der Waals surface area (Å²) in [5.41, 5.74) is 0. The monoisotopic (exact) mass is 261 g/mol. The van der Waals surface area contributed by atoms with Crippen molar-refractivity contribution in [2.75, 3.05) is 0 Å². The Hall–Kier alpha value is -0.0300. The third kappa shape index (κ3) is 4.55. The van der Waals surface area contributed by atoms with Gasteiger partial charge < -0.3 is 0 Å². The SMILES string of the molecule is CCCCC=C[P](Cl)(Cl)c1ccccc1. The van der Waals surface area contributed by atoms with E-state index in [4.69, 9.17) is 22.5 Å². The van der Waals surface area contributed by atoms with Gasteiger partial charge in [-0.15, -0.1) is 0 Å². The molecule has 1 radical (unpaired) electrons. The van der Waals surface area contributed by atoms with Crippen molar-refractivity contribution >= 4 is 33.8 Å². The van der Waals surface area contributed by atoms with E-state index in [1.165, 1.54) is 12.8 Å². The molecule has 1 rings (SSSR count). The molecule has 0 spiro atoms. The first-order valence-corrected chi connectivity index (χ1v) is 8.85. The fourth-order valence-electron chi connectivity index (χ4n) is 1.24. The molecule has 1 aromatic carbocycles. The maximum Gasteiger partial charge on any atom is 0.0886 e. The van der Waals surface area contributed by atoms with Crippen molar-refractivity contribution in [3.05, 3.63) is 42.2 Å². The number of benzene rings is 1. The second-order valence-corrected chi connectivity index (χ2v) is 9.07. The van der Waals surface area contributed by atoms with Gasteiger partial charge in [-0.2, -0.15) is 0 Å². The highest BCUT2D eigenvalue weighted by Gasteiger charge is 2.19. The van der Waals surface area contributed by atoms with E-state index in [1.54, 1.807) is 0 Å². The van der Waals surface area contributed by atoms with E-state index >= 15 is 0 Å². The van der Waals surface area contributed by atoms with Crippen molar-refractivity contribution in [2.24, 2.45) is 0 Å². The van der Waals surface area contributed by atoms with Crippen LogP contribution in [0.1, 0.15) is 26.2 Å². The van der Waals surface area contributed by atoms with E-state index in [1.807, 2.05) is 36.1 Å². The van der Waals surface area contributed by atoms with Crippen molar-refractivity contribution in [1.29, 1.82) is 0 Å². The highest BCUT2D eigenvalue weighted by molar-refractivity contribution is 8.23. The van der Waals surface area contributed by atoms with E-state index < -0.39 is 5.97 Å². The Morgan fingerprint density at radius 3 is 2.47 bits per heavy atom. The van der Waals surface area contributed by atoms with Crippen LogP contribution in [0, 0.1) is 0 Å². The van der Waals surface area contributed by atoms with Gasteiger partial charge in [-0.1, -0.05) is 78.7 Å². The maximum atomic E-state index is 6.33. The van der Waals surface area contributed by atoms with Crippen LogP contribution in [-0.4, -0.2) is 0 Å². The minimum absolute atomic E-state index is 1.03. The second-order valence-electron chi connectivity index (χ2n) is 3.42. The number of unbranched alkanes of at least 4 members (excludes halogenated alkanes) is 2. The summed E-state index contributed by atoms with van der Waals surface area (Å²) in [5, 5.41) is 1.03. The molecule has 0 aromatic heterocycles. The first-order chi connectivity index (χ1) is 7.17. The summed E-state index contributed by atoms with van der Waals surface area (Å²) in [6.07, 6.45) is 5.56. The summed E-state index contributed by atoms with van der Waals surface area (Å²) in [6.45, 7) is 2.18. The summed E-state index contributed by atoms with van der Waals surface area (Å²) in [7, 11) is 0. The summed E-state index contributed by atoms with van der Waals surface area (Å²) >= 11 is 12.7. The molecule has 0 N–H and O–H groups in total. The van der Waals surface area contributed by atoms with Gasteiger partial charge in [-0.05, 0) is 12.2 Å². The van der Waals surface area contributed by atoms with Gasteiger partial charge in [0.1, 0.15) is 0 Å². The Morgan fingerprint density at radius 1 is 1.20 bits per heavy atom.